The van der Waals surface area contributed by atoms with Gasteiger partial charge in [-0.05, 0) is 75.6 Å². The van der Waals surface area contributed by atoms with Gasteiger partial charge in [0.15, 0.2) is 0 Å². The first-order chi connectivity index (χ1) is 26.4. The summed E-state index contributed by atoms with van der Waals surface area (Å²) in [4.78, 5) is 71.7. The highest BCUT2D eigenvalue weighted by Crippen LogP contribution is 2.48. The van der Waals surface area contributed by atoms with Gasteiger partial charge in [-0.1, -0.05) is 68.5 Å². The smallest absolute Gasteiger partial charge is 0.410 e. The van der Waals surface area contributed by atoms with E-state index in [0.29, 0.717) is 29.5 Å². The molecule has 14 nitrogen and oxygen atoms in total. The van der Waals surface area contributed by atoms with Gasteiger partial charge in [0.05, 0.1) is 18.8 Å². The van der Waals surface area contributed by atoms with Crippen LogP contribution >= 0.6 is 0 Å². The van der Waals surface area contributed by atoms with Crippen LogP contribution in [-0.2, 0) is 52.7 Å². The van der Waals surface area contributed by atoms with E-state index in [-0.39, 0.29) is 44.8 Å². The van der Waals surface area contributed by atoms with Crippen LogP contribution < -0.4 is 15.4 Å². The summed E-state index contributed by atoms with van der Waals surface area (Å²) < 4.78 is 54.6. The number of halogens is 1. The van der Waals surface area contributed by atoms with Crippen LogP contribution in [0.1, 0.15) is 101 Å². The second-order valence-corrected chi connectivity index (χ2v) is 18.2. The molecule has 4 aliphatic rings. The number of carbonyl (C=O) groups excluding carboxylic acids is 5. The number of hydrogen-bond donors (Lipinski definition) is 3. The maximum absolute atomic E-state index is 14.5. The van der Waals surface area contributed by atoms with Crippen molar-refractivity contribution in [1.82, 2.24) is 25.2 Å². The monoisotopic (exact) mass is 797 g/mol. The Morgan fingerprint density at radius 2 is 1.70 bits per heavy atom. The number of ether oxygens (including phenoxy) is 2. The molecular formula is C40H52FN5O9S. The van der Waals surface area contributed by atoms with Crippen LogP contribution in [0.3, 0.4) is 0 Å². The highest BCUT2D eigenvalue weighted by molar-refractivity contribution is 7.89. The molecule has 5 amide bonds. The van der Waals surface area contributed by atoms with Gasteiger partial charge >= 0.3 is 12.2 Å². The average molecular weight is 798 g/mol. The van der Waals surface area contributed by atoms with E-state index in [1.165, 1.54) is 15.9 Å². The zero-order valence-corrected chi connectivity index (χ0v) is 33.2. The minimum Gasteiger partial charge on any atom is -0.444 e. The van der Waals surface area contributed by atoms with E-state index in [0.717, 1.165) is 31.2 Å². The Morgan fingerprint density at radius 1 is 0.982 bits per heavy atom. The maximum atomic E-state index is 14.5. The summed E-state index contributed by atoms with van der Waals surface area (Å²) in [7, 11) is -4.16. The minimum absolute atomic E-state index is 0.00618. The summed E-state index contributed by atoms with van der Waals surface area (Å²) in [6.45, 7) is 6.79. The Kier molecular flexibility index (Phi) is 12.0. The SMILES string of the molecule is Cc1ccccc1CS(=O)(=O)NC(=O)[C@@]12C[C@@H]1CCCCCCC[C@H](NC(=O)OC(C)(C)C)C(=O)N1C[C@H](OC(=O)N3Cc4cccc(F)c4C3)C[C@H]1C(=O)N2. The highest BCUT2D eigenvalue weighted by atomic mass is 32.2. The van der Waals surface area contributed by atoms with Crippen molar-refractivity contribution >= 4 is 39.9 Å². The van der Waals surface area contributed by atoms with Gasteiger partial charge in [0.1, 0.15) is 35.1 Å². The molecule has 3 N–H and O–H groups in total. The fourth-order valence-electron chi connectivity index (χ4n) is 7.99. The average Bonchev–Trinajstić information content (AvgIpc) is 3.40. The van der Waals surface area contributed by atoms with Crippen LogP contribution in [0.5, 0.6) is 0 Å². The summed E-state index contributed by atoms with van der Waals surface area (Å²) >= 11 is 0. The first-order valence-corrected chi connectivity index (χ1v) is 21.0. The summed E-state index contributed by atoms with van der Waals surface area (Å²) in [6, 6.07) is 9.24. The Bertz CT molecular complexity index is 1970. The fourth-order valence-corrected chi connectivity index (χ4v) is 9.26. The molecule has 1 saturated carbocycles. The number of sulfonamides is 1. The lowest BCUT2D eigenvalue weighted by molar-refractivity contribution is -0.141. The molecule has 2 saturated heterocycles. The van der Waals surface area contributed by atoms with E-state index in [9.17, 15) is 36.8 Å². The lowest BCUT2D eigenvalue weighted by Gasteiger charge is -2.30. The van der Waals surface area contributed by atoms with Gasteiger partial charge < -0.3 is 25.0 Å². The molecule has 0 unspecified atom stereocenters. The first kappa shape index (κ1) is 40.9. The third kappa shape index (κ3) is 9.61. The van der Waals surface area contributed by atoms with Crippen molar-refractivity contribution in [2.45, 2.75) is 134 Å². The van der Waals surface area contributed by atoms with Crippen LogP contribution in [0.2, 0.25) is 0 Å². The number of rotatable bonds is 6. The van der Waals surface area contributed by atoms with Crippen LogP contribution in [0.4, 0.5) is 14.0 Å². The van der Waals surface area contributed by atoms with Crippen molar-refractivity contribution in [3.63, 3.8) is 0 Å². The van der Waals surface area contributed by atoms with Gasteiger partial charge in [-0.3, -0.25) is 24.0 Å². The topological polar surface area (TPSA) is 181 Å². The molecule has 56 heavy (non-hydrogen) atoms. The fraction of sp³-hybridized carbons (Fsp3) is 0.575. The summed E-state index contributed by atoms with van der Waals surface area (Å²) in [5, 5.41) is 5.53. The van der Waals surface area contributed by atoms with Crippen molar-refractivity contribution < 1.29 is 46.3 Å². The van der Waals surface area contributed by atoms with E-state index in [1.54, 1.807) is 64.1 Å². The molecule has 5 atom stereocenters. The quantitative estimate of drug-likeness (QED) is 0.373. The van der Waals surface area contributed by atoms with Gasteiger partial charge in [0.2, 0.25) is 21.8 Å². The van der Waals surface area contributed by atoms with Gasteiger partial charge in [-0.25, -0.2) is 22.4 Å². The summed E-state index contributed by atoms with van der Waals surface area (Å²) in [6.07, 6.45) is 2.12. The molecule has 0 radical (unpaired) electrons. The molecule has 0 spiro atoms. The van der Waals surface area contributed by atoms with Crippen molar-refractivity contribution in [2.24, 2.45) is 5.92 Å². The predicted molar refractivity (Wildman–Crippen MR) is 202 cm³/mol. The number of carbonyl (C=O) groups is 5. The Labute approximate surface area is 327 Å². The zero-order chi connectivity index (χ0) is 40.4. The molecule has 304 valence electrons. The molecule has 1 aliphatic carbocycles. The predicted octanol–water partition coefficient (Wildman–Crippen LogP) is 4.71. The number of amides is 5. The zero-order valence-electron chi connectivity index (χ0n) is 32.4. The molecule has 0 bridgehead atoms. The Balaban J connectivity index is 1.25. The number of aryl methyl sites for hydroxylation is 1. The molecule has 6 rings (SSSR count). The molecule has 3 fully saturated rings. The summed E-state index contributed by atoms with van der Waals surface area (Å²) in [5.74, 6) is -3.37. The second kappa shape index (κ2) is 16.4. The molecule has 3 heterocycles. The summed E-state index contributed by atoms with van der Waals surface area (Å²) in [5.41, 5.74) is -0.0744. The van der Waals surface area contributed by atoms with Crippen LogP contribution in [0.25, 0.3) is 0 Å². The molecule has 2 aromatic carbocycles. The van der Waals surface area contributed by atoms with Crippen molar-refractivity contribution in [3.05, 3.63) is 70.5 Å². The van der Waals surface area contributed by atoms with Crippen LogP contribution in [0, 0.1) is 18.7 Å². The first-order valence-electron chi connectivity index (χ1n) is 19.4. The molecular weight excluding hydrogens is 746 g/mol. The van der Waals surface area contributed by atoms with E-state index >= 15 is 0 Å². The van der Waals surface area contributed by atoms with Crippen molar-refractivity contribution in [1.29, 1.82) is 0 Å². The number of fused-ring (bicyclic) bond motifs is 3. The standard InChI is InChI=1S/C40H52FN5O9S/c1-25-13-10-11-14-27(25)24-56(52,53)44-36(49)40-20-28(40)16-8-6-5-7-9-18-32(42-37(50)55-39(2,3)4)35(48)46-22-29(19-33(46)34(47)43-40)54-38(51)45-21-26-15-12-17-31(41)30(26)23-45/h10-15,17,28-29,32-33H,5-9,16,18-24H2,1-4H3,(H,42,50)(H,43,47)(H,44,49)/t28-,29+,32-,33-,40+/m0/s1. The van der Waals surface area contributed by atoms with Crippen molar-refractivity contribution in [2.75, 3.05) is 6.54 Å². The number of benzene rings is 2. The second-order valence-electron chi connectivity index (χ2n) is 16.5. The third-order valence-corrected chi connectivity index (χ3v) is 12.2. The largest absolute Gasteiger partial charge is 0.444 e. The third-order valence-electron chi connectivity index (χ3n) is 11.0. The number of hydrogen-bond acceptors (Lipinski definition) is 9. The lowest BCUT2D eigenvalue weighted by Crippen LogP contribution is -2.58. The van der Waals surface area contributed by atoms with E-state index in [1.807, 2.05) is 0 Å². The van der Waals surface area contributed by atoms with Gasteiger partial charge in [-0.15, -0.1) is 0 Å². The molecule has 0 aromatic heterocycles. The van der Waals surface area contributed by atoms with Crippen LogP contribution in [-0.4, -0.2) is 84.0 Å². The Morgan fingerprint density at radius 3 is 2.41 bits per heavy atom. The van der Waals surface area contributed by atoms with Crippen molar-refractivity contribution in [3.8, 4) is 0 Å². The van der Waals surface area contributed by atoms with Gasteiger partial charge in [-0.2, -0.15) is 0 Å². The molecule has 16 heteroatoms. The normalized spacial score (nSPS) is 25.7. The van der Waals surface area contributed by atoms with Gasteiger partial charge in [0, 0.05) is 18.5 Å². The van der Waals surface area contributed by atoms with Crippen LogP contribution in [0.15, 0.2) is 42.5 Å². The molecule has 3 aliphatic heterocycles. The minimum atomic E-state index is -4.16. The number of nitrogens with one attached hydrogen (secondary N) is 3. The molecule has 2 aromatic rings. The number of nitrogens with zero attached hydrogens (tertiary/aromatic N) is 2. The van der Waals surface area contributed by atoms with E-state index < -0.39 is 80.8 Å². The maximum Gasteiger partial charge on any atom is 0.410 e. The van der Waals surface area contributed by atoms with E-state index in [4.69, 9.17) is 9.47 Å². The number of alkyl carbamates (subject to hydrolysis) is 1. The van der Waals surface area contributed by atoms with E-state index in [2.05, 4.69) is 15.4 Å². The Hall–Kier alpha value is -4.73. The highest BCUT2D eigenvalue weighted by Gasteiger charge is 2.62. The lowest BCUT2D eigenvalue weighted by atomic mass is 10.0. The van der Waals surface area contributed by atoms with Gasteiger partial charge in [0.25, 0.3) is 5.91 Å².